The molecule has 2 heterocycles. The maximum absolute atomic E-state index is 10.9. The minimum Gasteiger partial charge on any atom is -0.480 e. The van der Waals surface area contributed by atoms with E-state index in [1.807, 2.05) is 42.5 Å². The summed E-state index contributed by atoms with van der Waals surface area (Å²) in [7, 11) is 0. The summed E-state index contributed by atoms with van der Waals surface area (Å²) in [5.41, 5.74) is 3.04. The van der Waals surface area contributed by atoms with Crippen molar-refractivity contribution in [1.29, 1.82) is 0 Å². The highest BCUT2D eigenvalue weighted by Gasteiger charge is 2.09. The molecule has 0 fully saturated rings. The standard InChI is InChI=1S/C26H17N3O3S/c1-2-16-32-23-14-15-27-25-20(23)7-5-9-24(25)33-29-21-8-4-3-6-19(21)12-10-18-11-13-22(26(30)31)28-17-18/h1,3-9,11,13-15,17,29H,16H2,(H,30,31). The third kappa shape index (κ3) is 5.24. The highest BCUT2D eigenvalue weighted by molar-refractivity contribution is 8.00. The van der Waals surface area contributed by atoms with Crippen molar-refractivity contribution in [2.24, 2.45) is 0 Å². The van der Waals surface area contributed by atoms with Gasteiger partial charge in [-0.05, 0) is 54.4 Å². The minimum atomic E-state index is -1.07. The van der Waals surface area contributed by atoms with Gasteiger partial charge in [0.15, 0.2) is 0 Å². The lowest BCUT2D eigenvalue weighted by Crippen LogP contribution is -1.99. The number of carbonyl (C=O) groups is 1. The van der Waals surface area contributed by atoms with Crippen molar-refractivity contribution < 1.29 is 14.6 Å². The number of hydrogen-bond donors (Lipinski definition) is 2. The van der Waals surface area contributed by atoms with Crippen molar-refractivity contribution in [3.63, 3.8) is 0 Å². The van der Waals surface area contributed by atoms with Gasteiger partial charge in [0.1, 0.15) is 18.1 Å². The molecule has 0 bridgehead atoms. The molecule has 33 heavy (non-hydrogen) atoms. The molecular formula is C26H17N3O3S. The zero-order valence-corrected chi connectivity index (χ0v) is 18.1. The van der Waals surface area contributed by atoms with Crippen molar-refractivity contribution in [2.45, 2.75) is 4.90 Å². The van der Waals surface area contributed by atoms with E-state index < -0.39 is 5.97 Å². The smallest absolute Gasteiger partial charge is 0.354 e. The molecule has 2 N–H and O–H groups in total. The fourth-order valence-electron chi connectivity index (χ4n) is 2.98. The number of ether oxygens (including phenoxy) is 1. The Morgan fingerprint density at radius 3 is 2.73 bits per heavy atom. The second-order valence-electron chi connectivity index (χ2n) is 6.69. The Morgan fingerprint density at radius 2 is 1.94 bits per heavy atom. The van der Waals surface area contributed by atoms with E-state index in [-0.39, 0.29) is 12.3 Å². The maximum atomic E-state index is 10.9. The number of fused-ring (bicyclic) bond motifs is 1. The number of nitrogens with zero attached hydrogens (tertiary/aromatic N) is 2. The minimum absolute atomic E-state index is 0.0180. The van der Waals surface area contributed by atoms with E-state index in [0.717, 1.165) is 27.0 Å². The molecule has 0 aliphatic heterocycles. The van der Waals surface area contributed by atoms with Gasteiger partial charge in [0, 0.05) is 28.9 Å². The summed E-state index contributed by atoms with van der Waals surface area (Å²) >= 11 is 1.42. The van der Waals surface area contributed by atoms with Gasteiger partial charge in [-0.2, -0.15) is 0 Å². The molecule has 7 heteroatoms. The molecule has 0 radical (unpaired) electrons. The quantitative estimate of drug-likeness (QED) is 0.320. The average Bonchev–Trinajstić information content (AvgIpc) is 2.85. The van der Waals surface area contributed by atoms with Crippen molar-refractivity contribution in [1.82, 2.24) is 9.97 Å². The van der Waals surface area contributed by atoms with Crippen molar-refractivity contribution in [3.05, 3.63) is 89.9 Å². The topological polar surface area (TPSA) is 84.3 Å². The summed E-state index contributed by atoms with van der Waals surface area (Å²) in [6.07, 6.45) is 8.46. The fourth-order valence-corrected chi connectivity index (χ4v) is 3.78. The summed E-state index contributed by atoms with van der Waals surface area (Å²) in [6.45, 7) is 0.190. The Balaban J connectivity index is 1.56. The van der Waals surface area contributed by atoms with E-state index in [0.29, 0.717) is 11.3 Å². The lowest BCUT2D eigenvalue weighted by Gasteiger charge is -2.11. The molecule has 0 amide bonds. The first kappa shape index (κ1) is 21.8. The molecule has 0 unspecified atom stereocenters. The Hall–Kier alpha value is -4.46. The molecule has 0 aliphatic rings. The number of hydrogen-bond acceptors (Lipinski definition) is 6. The number of nitrogens with one attached hydrogen (secondary N) is 1. The number of carboxylic acid groups (broad SMARTS) is 1. The van der Waals surface area contributed by atoms with Gasteiger partial charge in [-0.15, -0.1) is 6.42 Å². The molecule has 2 aromatic heterocycles. The number of para-hydroxylation sites is 2. The van der Waals surface area contributed by atoms with Gasteiger partial charge in [0.2, 0.25) is 0 Å². The number of pyridine rings is 2. The van der Waals surface area contributed by atoms with E-state index in [1.165, 1.54) is 24.2 Å². The lowest BCUT2D eigenvalue weighted by molar-refractivity contribution is 0.0690. The zero-order valence-electron chi connectivity index (χ0n) is 17.3. The molecule has 2 aromatic carbocycles. The van der Waals surface area contributed by atoms with Crippen molar-refractivity contribution in [3.8, 4) is 29.9 Å². The highest BCUT2D eigenvalue weighted by Crippen LogP contribution is 2.32. The number of carboxylic acids is 1. The molecule has 4 aromatic rings. The van der Waals surface area contributed by atoms with Gasteiger partial charge >= 0.3 is 5.97 Å². The summed E-state index contributed by atoms with van der Waals surface area (Å²) in [6, 6.07) is 18.4. The van der Waals surface area contributed by atoms with E-state index in [1.54, 1.807) is 18.3 Å². The van der Waals surface area contributed by atoms with Crippen molar-refractivity contribution in [2.75, 3.05) is 11.3 Å². The maximum Gasteiger partial charge on any atom is 0.354 e. The SMILES string of the molecule is C#CCOc1ccnc2c(SNc3ccccc3C#Cc3ccc(C(=O)O)nc3)cccc12. The number of aromatic carboxylic acids is 1. The Morgan fingerprint density at radius 1 is 1.06 bits per heavy atom. The van der Waals surface area contributed by atoms with Crippen LogP contribution in [0.5, 0.6) is 5.75 Å². The molecule has 6 nitrogen and oxygen atoms in total. The molecule has 0 aliphatic carbocycles. The largest absolute Gasteiger partial charge is 0.480 e. The van der Waals surface area contributed by atoms with Crippen LogP contribution in [-0.2, 0) is 0 Å². The number of rotatable bonds is 6. The number of anilines is 1. The van der Waals surface area contributed by atoms with Gasteiger partial charge in [-0.1, -0.05) is 36.0 Å². The summed E-state index contributed by atoms with van der Waals surface area (Å²) in [5, 5.41) is 9.84. The molecule has 0 atom stereocenters. The van der Waals surface area contributed by atoms with E-state index >= 15 is 0 Å². The van der Waals surface area contributed by atoms with Crippen LogP contribution in [0.3, 0.4) is 0 Å². The predicted molar refractivity (Wildman–Crippen MR) is 129 cm³/mol. The molecular weight excluding hydrogens is 434 g/mol. The summed E-state index contributed by atoms with van der Waals surface area (Å²) in [4.78, 5) is 20.3. The number of aromatic nitrogens is 2. The number of terminal acetylenes is 1. The van der Waals surface area contributed by atoms with Gasteiger partial charge in [0.25, 0.3) is 0 Å². The lowest BCUT2D eigenvalue weighted by atomic mass is 10.1. The molecule has 160 valence electrons. The summed E-state index contributed by atoms with van der Waals surface area (Å²) in [5.74, 6) is 8.23. The second kappa shape index (κ2) is 10.2. The molecule has 4 rings (SSSR count). The molecule has 0 spiro atoms. The second-order valence-corrected chi connectivity index (χ2v) is 7.54. The van der Waals surface area contributed by atoms with Gasteiger partial charge in [-0.25, -0.2) is 9.78 Å². The van der Waals surface area contributed by atoms with Crippen LogP contribution in [0.2, 0.25) is 0 Å². The van der Waals surface area contributed by atoms with E-state index in [2.05, 4.69) is 32.5 Å². The monoisotopic (exact) mass is 451 g/mol. The summed E-state index contributed by atoms with van der Waals surface area (Å²) < 4.78 is 8.99. The Kier molecular flexibility index (Phi) is 6.75. The van der Waals surface area contributed by atoms with Gasteiger partial charge < -0.3 is 14.6 Å². The van der Waals surface area contributed by atoms with E-state index in [9.17, 15) is 4.79 Å². The van der Waals surface area contributed by atoms with Gasteiger partial charge in [0.05, 0.1) is 16.1 Å². The first-order valence-corrected chi connectivity index (χ1v) is 10.6. The highest BCUT2D eigenvalue weighted by atomic mass is 32.2. The van der Waals surface area contributed by atoms with Crippen LogP contribution >= 0.6 is 11.9 Å². The first-order valence-electron chi connectivity index (χ1n) is 9.83. The van der Waals surface area contributed by atoms with E-state index in [4.69, 9.17) is 16.3 Å². The molecule has 0 saturated carbocycles. The fraction of sp³-hybridized carbons (Fsp3) is 0.0385. The average molecular weight is 452 g/mol. The van der Waals surface area contributed by atoms with Crippen LogP contribution < -0.4 is 9.46 Å². The van der Waals surface area contributed by atoms with Crippen LogP contribution in [0.25, 0.3) is 10.9 Å². The molecule has 0 saturated heterocycles. The van der Waals surface area contributed by atoms with Crippen LogP contribution in [0.15, 0.2) is 78.0 Å². The van der Waals surface area contributed by atoms with Gasteiger partial charge in [-0.3, -0.25) is 4.98 Å². The van der Waals surface area contributed by atoms with Crippen molar-refractivity contribution >= 4 is 34.5 Å². The normalized spacial score (nSPS) is 10.0. The Bertz CT molecular complexity index is 1420. The van der Waals surface area contributed by atoms with Crippen LogP contribution in [0.4, 0.5) is 5.69 Å². The Labute approximate surface area is 195 Å². The van der Waals surface area contributed by atoms with Crippen LogP contribution in [0.1, 0.15) is 21.6 Å². The zero-order chi connectivity index (χ0) is 23.0. The van der Waals surface area contributed by atoms with Crippen LogP contribution in [-0.4, -0.2) is 27.7 Å². The predicted octanol–water partition coefficient (Wildman–Crippen LogP) is 4.86. The third-order valence-electron chi connectivity index (χ3n) is 4.53. The third-order valence-corrected chi connectivity index (χ3v) is 5.40. The number of benzene rings is 2. The van der Waals surface area contributed by atoms with Crippen LogP contribution in [0, 0.1) is 24.2 Å². The first-order chi connectivity index (χ1) is 16.2.